The van der Waals surface area contributed by atoms with Gasteiger partial charge in [0.05, 0.1) is 19.3 Å². The van der Waals surface area contributed by atoms with Crippen molar-refractivity contribution in [2.24, 2.45) is 5.73 Å². The smallest absolute Gasteiger partial charge is 0.246 e. The van der Waals surface area contributed by atoms with E-state index in [1.165, 1.54) is 7.11 Å². The molecule has 7 heteroatoms. The number of hydrogen-bond acceptors (Lipinski definition) is 5. The van der Waals surface area contributed by atoms with Crippen LogP contribution in [0.15, 0.2) is 0 Å². The van der Waals surface area contributed by atoms with Crippen LogP contribution in [0.25, 0.3) is 0 Å². The van der Waals surface area contributed by atoms with Gasteiger partial charge in [0.15, 0.2) is 0 Å². The molecule has 17 heavy (non-hydrogen) atoms. The summed E-state index contributed by atoms with van der Waals surface area (Å²) in [6.45, 7) is 0.518. The minimum Gasteiger partial charge on any atom is -0.382 e. The lowest BCUT2D eigenvalue weighted by atomic mass is 10.1. The molecule has 96 valence electrons. The first kappa shape index (κ1) is 15.3. The molecule has 0 aliphatic rings. The molecular weight excluding hydrogens is 226 g/mol. The molecule has 0 aliphatic carbocycles. The van der Waals surface area contributed by atoms with Crippen LogP contribution in [0.1, 0.15) is 12.8 Å². The van der Waals surface area contributed by atoms with E-state index in [1.807, 2.05) is 6.07 Å². The minimum atomic E-state index is -0.826. The number of carbonyl (C=O) groups is 2. The summed E-state index contributed by atoms with van der Waals surface area (Å²) in [5.74, 6) is -1.10. The van der Waals surface area contributed by atoms with Crippen molar-refractivity contribution in [1.29, 1.82) is 5.26 Å². The van der Waals surface area contributed by atoms with Gasteiger partial charge in [-0.25, -0.2) is 0 Å². The highest BCUT2D eigenvalue weighted by molar-refractivity contribution is 5.86. The van der Waals surface area contributed by atoms with Crippen LogP contribution in [0.4, 0.5) is 0 Å². The largest absolute Gasteiger partial charge is 0.382 e. The van der Waals surface area contributed by atoms with Crippen molar-refractivity contribution in [1.82, 2.24) is 5.32 Å². The zero-order valence-electron chi connectivity index (χ0n) is 9.77. The number of rotatable bonds is 9. The molecule has 0 bridgehead atoms. The molecule has 0 saturated carbocycles. The van der Waals surface area contributed by atoms with Crippen LogP contribution in [0.3, 0.4) is 0 Å². The Bertz CT molecular complexity index is 288. The van der Waals surface area contributed by atoms with Gasteiger partial charge in [0.2, 0.25) is 11.8 Å². The molecule has 0 aromatic rings. The first-order valence-electron chi connectivity index (χ1n) is 5.14. The van der Waals surface area contributed by atoms with Gasteiger partial charge >= 0.3 is 0 Å². The molecule has 0 unspecified atom stereocenters. The van der Waals surface area contributed by atoms with Gasteiger partial charge in [-0.15, -0.1) is 0 Å². The highest BCUT2D eigenvalue weighted by atomic mass is 16.5. The summed E-state index contributed by atoms with van der Waals surface area (Å²) in [7, 11) is 1.52. The van der Waals surface area contributed by atoms with Crippen molar-refractivity contribution in [3.63, 3.8) is 0 Å². The lowest BCUT2D eigenvalue weighted by Crippen LogP contribution is -2.45. The van der Waals surface area contributed by atoms with E-state index in [-0.39, 0.29) is 19.4 Å². The highest BCUT2D eigenvalue weighted by Gasteiger charge is 2.17. The number of methoxy groups -OCH3 is 1. The molecule has 2 amide bonds. The topological polar surface area (TPSA) is 114 Å². The van der Waals surface area contributed by atoms with Gasteiger partial charge in [0.1, 0.15) is 12.6 Å². The molecule has 0 aromatic heterocycles. The Morgan fingerprint density at radius 1 is 1.47 bits per heavy atom. The maximum Gasteiger partial charge on any atom is 0.246 e. The molecule has 0 fully saturated rings. The summed E-state index contributed by atoms with van der Waals surface area (Å²) in [4.78, 5) is 22.3. The van der Waals surface area contributed by atoms with E-state index in [1.54, 1.807) is 0 Å². The van der Waals surface area contributed by atoms with Crippen molar-refractivity contribution >= 4 is 11.8 Å². The van der Waals surface area contributed by atoms with Crippen LogP contribution in [0.5, 0.6) is 0 Å². The number of nitrogens with one attached hydrogen (secondary N) is 1. The lowest BCUT2D eigenvalue weighted by Gasteiger charge is -2.13. The quantitative estimate of drug-likeness (QED) is 0.500. The number of hydrogen-bond donors (Lipinski definition) is 2. The number of primary amides is 1. The second-order valence-corrected chi connectivity index (χ2v) is 3.26. The monoisotopic (exact) mass is 243 g/mol. The summed E-state index contributed by atoms with van der Waals surface area (Å²) in [5, 5.41) is 10.8. The first-order valence-corrected chi connectivity index (χ1v) is 5.14. The fourth-order valence-corrected chi connectivity index (χ4v) is 1.04. The van der Waals surface area contributed by atoms with Crippen LogP contribution in [0.2, 0.25) is 0 Å². The Morgan fingerprint density at radius 2 is 2.18 bits per heavy atom. The maximum absolute atomic E-state index is 11.3. The van der Waals surface area contributed by atoms with E-state index < -0.39 is 17.9 Å². The van der Waals surface area contributed by atoms with E-state index >= 15 is 0 Å². The average molecular weight is 243 g/mol. The third-order valence-corrected chi connectivity index (χ3v) is 1.89. The first-order chi connectivity index (χ1) is 8.11. The van der Waals surface area contributed by atoms with Crippen molar-refractivity contribution in [3.8, 4) is 6.07 Å². The number of nitrogens with two attached hydrogens (primary N) is 1. The van der Waals surface area contributed by atoms with Gasteiger partial charge in [0, 0.05) is 13.5 Å². The van der Waals surface area contributed by atoms with Gasteiger partial charge in [-0.05, 0) is 6.42 Å². The summed E-state index contributed by atoms with van der Waals surface area (Å²) < 4.78 is 9.70. The van der Waals surface area contributed by atoms with Crippen LogP contribution >= 0.6 is 0 Å². The Balaban J connectivity index is 3.88. The Hall–Kier alpha value is -1.65. The van der Waals surface area contributed by atoms with Crippen LogP contribution < -0.4 is 11.1 Å². The zero-order valence-corrected chi connectivity index (χ0v) is 9.77. The molecule has 0 saturated heterocycles. The molecule has 1 atom stereocenters. The second kappa shape index (κ2) is 9.57. The molecule has 0 heterocycles. The molecule has 3 N–H and O–H groups in total. The van der Waals surface area contributed by atoms with Gasteiger partial charge in [-0.2, -0.15) is 5.26 Å². The fourth-order valence-electron chi connectivity index (χ4n) is 1.04. The SMILES string of the molecule is COCCOCC(=O)N[C@H](CCC#N)C(N)=O. The minimum absolute atomic E-state index is 0.151. The molecule has 0 aromatic carbocycles. The lowest BCUT2D eigenvalue weighted by molar-refractivity contribution is -0.130. The number of nitriles is 1. The summed E-state index contributed by atoms with van der Waals surface area (Å²) in [6, 6.07) is 1.05. The Kier molecular flexibility index (Phi) is 8.64. The molecule has 7 nitrogen and oxygen atoms in total. The average Bonchev–Trinajstić information content (AvgIpc) is 2.29. The van der Waals surface area contributed by atoms with E-state index in [4.69, 9.17) is 20.5 Å². The third-order valence-electron chi connectivity index (χ3n) is 1.89. The third kappa shape index (κ3) is 8.19. The predicted octanol–water partition coefficient (Wildman–Crippen LogP) is -1.08. The molecule has 0 radical (unpaired) electrons. The van der Waals surface area contributed by atoms with Gasteiger partial charge in [0.25, 0.3) is 0 Å². The predicted molar refractivity (Wildman–Crippen MR) is 58.7 cm³/mol. The highest BCUT2D eigenvalue weighted by Crippen LogP contribution is 1.95. The number of ether oxygens (including phenoxy) is 2. The summed E-state index contributed by atoms with van der Waals surface area (Å²) >= 11 is 0. The van der Waals surface area contributed by atoms with E-state index in [0.29, 0.717) is 13.2 Å². The van der Waals surface area contributed by atoms with Crippen LogP contribution in [-0.4, -0.2) is 44.8 Å². The van der Waals surface area contributed by atoms with Gasteiger partial charge in [-0.1, -0.05) is 0 Å². The summed E-state index contributed by atoms with van der Waals surface area (Å²) in [6.07, 6.45) is 0.355. The Labute approximate surface area is 99.9 Å². The number of amides is 2. The summed E-state index contributed by atoms with van der Waals surface area (Å²) in [5.41, 5.74) is 5.08. The van der Waals surface area contributed by atoms with Crippen LogP contribution in [0, 0.1) is 11.3 Å². The van der Waals surface area contributed by atoms with Gasteiger partial charge < -0.3 is 20.5 Å². The van der Waals surface area contributed by atoms with Crippen molar-refractivity contribution in [3.05, 3.63) is 0 Å². The van der Waals surface area contributed by atoms with Crippen molar-refractivity contribution < 1.29 is 19.1 Å². The van der Waals surface area contributed by atoms with E-state index in [9.17, 15) is 9.59 Å². The molecule has 0 rings (SSSR count). The molecule has 0 aliphatic heterocycles. The Morgan fingerprint density at radius 3 is 2.71 bits per heavy atom. The standard InChI is InChI=1S/C10H17N3O4/c1-16-5-6-17-7-9(14)13-8(10(12)15)3-2-4-11/h8H,2-3,5-7H2,1H3,(H2,12,15)(H,13,14)/t8-/m1/s1. The van der Waals surface area contributed by atoms with Gasteiger partial charge in [-0.3, -0.25) is 9.59 Å². The maximum atomic E-state index is 11.3. The number of carbonyl (C=O) groups excluding carboxylic acids is 2. The van der Waals surface area contributed by atoms with E-state index in [0.717, 1.165) is 0 Å². The van der Waals surface area contributed by atoms with Crippen molar-refractivity contribution in [2.45, 2.75) is 18.9 Å². The normalized spacial score (nSPS) is 11.5. The molecule has 0 spiro atoms. The zero-order chi connectivity index (χ0) is 13.1. The second-order valence-electron chi connectivity index (χ2n) is 3.26. The molecular formula is C10H17N3O4. The van der Waals surface area contributed by atoms with E-state index in [2.05, 4.69) is 5.32 Å². The van der Waals surface area contributed by atoms with Crippen LogP contribution in [-0.2, 0) is 19.1 Å². The number of nitrogens with zero attached hydrogens (tertiary/aromatic N) is 1. The van der Waals surface area contributed by atoms with Crippen molar-refractivity contribution in [2.75, 3.05) is 26.9 Å². The fraction of sp³-hybridized carbons (Fsp3) is 0.700.